The molecule has 0 amide bonds. The van der Waals surface area contributed by atoms with Crippen LogP contribution in [0.15, 0.2) is 42.5 Å². The van der Waals surface area contributed by atoms with Gasteiger partial charge in [-0.3, -0.25) is 0 Å². The Morgan fingerprint density at radius 3 is 2.73 bits per heavy atom. The molecule has 26 heavy (non-hydrogen) atoms. The summed E-state index contributed by atoms with van der Waals surface area (Å²) in [6.07, 6.45) is 2.47. The Bertz CT molecular complexity index is 707. The molecule has 5 heteroatoms. The molecule has 0 aliphatic heterocycles. The number of fused-ring (bicyclic) bond motifs is 1. The fourth-order valence-corrected chi connectivity index (χ4v) is 3.32. The monoisotopic (exact) mass is 377 g/mol. The topological polar surface area (TPSA) is 50.7 Å². The fourth-order valence-electron chi connectivity index (χ4n) is 3.32. The maximum absolute atomic E-state index is 10.3. The standard InChI is InChI=1S/C21H27NO3.ClH/c1-3-4-11-25-19-10-9-15(12-20(19)24-2)14-22-21-17-8-6-5-7-16(17)13-18(21)23;/h5-10,12,18,21-23H,3-4,11,13-14H2,1-2H3;1H/t18-,21+;/m1./s1. The molecule has 2 atom stereocenters. The predicted molar refractivity (Wildman–Crippen MR) is 106 cm³/mol. The maximum Gasteiger partial charge on any atom is 0.161 e. The van der Waals surface area contributed by atoms with E-state index in [0.717, 1.165) is 29.9 Å². The molecule has 0 aromatic heterocycles. The van der Waals surface area contributed by atoms with Crippen LogP contribution in [0.4, 0.5) is 0 Å². The van der Waals surface area contributed by atoms with Gasteiger partial charge in [0.25, 0.3) is 0 Å². The van der Waals surface area contributed by atoms with Gasteiger partial charge in [0.05, 0.1) is 25.9 Å². The van der Waals surface area contributed by atoms with E-state index in [1.807, 2.05) is 30.3 Å². The van der Waals surface area contributed by atoms with E-state index in [2.05, 4.69) is 24.4 Å². The van der Waals surface area contributed by atoms with E-state index in [1.165, 1.54) is 11.1 Å². The van der Waals surface area contributed by atoms with Gasteiger partial charge in [0.1, 0.15) is 0 Å². The summed E-state index contributed by atoms with van der Waals surface area (Å²) >= 11 is 0. The summed E-state index contributed by atoms with van der Waals surface area (Å²) in [6, 6.07) is 14.2. The zero-order valence-electron chi connectivity index (χ0n) is 15.4. The largest absolute Gasteiger partial charge is 0.493 e. The van der Waals surface area contributed by atoms with Gasteiger partial charge in [-0.05, 0) is 35.2 Å². The highest BCUT2D eigenvalue weighted by molar-refractivity contribution is 5.85. The first-order valence-electron chi connectivity index (χ1n) is 9.02. The van der Waals surface area contributed by atoms with Crippen LogP contribution in [0.25, 0.3) is 0 Å². The zero-order chi connectivity index (χ0) is 17.6. The lowest BCUT2D eigenvalue weighted by molar-refractivity contribution is 0.140. The highest BCUT2D eigenvalue weighted by Crippen LogP contribution is 2.32. The van der Waals surface area contributed by atoms with E-state index in [1.54, 1.807) is 7.11 Å². The molecule has 0 saturated heterocycles. The zero-order valence-corrected chi connectivity index (χ0v) is 16.2. The molecule has 0 heterocycles. The summed E-state index contributed by atoms with van der Waals surface area (Å²) < 4.78 is 11.2. The second-order valence-corrected chi connectivity index (χ2v) is 6.52. The van der Waals surface area contributed by atoms with Crippen molar-refractivity contribution >= 4 is 12.4 Å². The molecule has 2 aromatic carbocycles. The Labute approximate surface area is 161 Å². The Hall–Kier alpha value is -1.75. The van der Waals surface area contributed by atoms with Crippen LogP contribution in [0, 0.1) is 0 Å². The van der Waals surface area contributed by atoms with Crippen molar-refractivity contribution in [3.8, 4) is 11.5 Å². The molecule has 0 bridgehead atoms. The number of ether oxygens (including phenoxy) is 2. The number of rotatable bonds is 8. The third kappa shape index (κ3) is 4.70. The number of hydrogen-bond acceptors (Lipinski definition) is 4. The van der Waals surface area contributed by atoms with Crippen molar-refractivity contribution < 1.29 is 14.6 Å². The molecule has 142 valence electrons. The quantitative estimate of drug-likeness (QED) is 0.681. The molecule has 0 radical (unpaired) electrons. The molecular formula is C21H28ClNO3. The Balaban J connectivity index is 0.00000243. The van der Waals surface area contributed by atoms with Gasteiger partial charge in [-0.1, -0.05) is 43.7 Å². The average molecular weight is 378 g/mol. The summed E-state index contributed by atoms with van der Waals surface area (Å²) in [7, 11) is 1.66. The number of hydrogen-bond donors (Lipinski definition) is 2. The van der Waals surface area contributed by atoms with Gasteiger partial charge in [0.15, 0.2) is 11.5 Å². The minimum Gasteiger partial charge on any atom is -0.493 e. The van der Waals surface area contributed by atoms with Gasteiger partial charge in [0, 0.05) is 13.0 Å². The van der Waals surface area contributed by atoms with Crippen molar-refractivity contribution in [3.63, 3.8) is 0 Å². The minimum absolute atomic E-state index is 0. The average Bonchev–Trinajstić information content (AvgIpc) is 2.96. The lowest BCUT2D eigenvalue weighted by Gasteiger charge is -2.19. The van der Waals surface area contributed by atoms with E-state index in [0.29, 0.717) is 19.6 Å². The number of aliphatic hydroxyl groups excluding tert-OH is 1. The Morgan fingerprint density at radius 1 is 1.15 bits per heavy atom. The van der Waals surface area contributed by atoms with Gasteiger partial charge < -0.3 is 19.9 Å². The molecule has 1 aliphatic rings. The molecule has 4 nitrogen and oxygen atoms in total. The summed E-state index contributed by atoms with van der Waals surface area (Å²) in [4.78, 5) is 0. The van der Waals surface area contributed by atoms with Gasteiger partial charge in [-0.25, -0.2) is 0 Å². The smallest absolute Gasteiger partial charge is 0.161 e. The van der Waals surface area contributed by atoms with E-state index >= 15 is 0 Å². The number of nitrogens with one attached hydrogen (secondary N) is 1. The van der Waals surface area contributed by atoms with Crippen LogP contribution >= 0.6 is 12.4 Å². The van der Waals surface area contributed by atoms with Crippen molar-refractivity contribution in [3.05, 3.63) is 59.2 Å². The van der Waals surface area contributed by atoms with Crippen LogP contribution in [-0.4, -0.2) is 24.9 Å². The minimum atomic E-state index is -0.379. The highest BCUT2D eigenvalue weighted by Gasteiger charge is 2.30. The van der Waals surface area contributed by atoms with Crippen LogP contribution in [0.1, 0.15) is 42.5 Å². The van der Waals surface area contributed by atoms with Crippen LogP contribution in [0.2, 0.25) is 0 Å². The van der Waals surface area contributed by atoms with E-state index < -0.39 is 0 Å². The third-order valence-electron chi connectivity index (χ3n) is 4.71. The second kappa shape index (κ2) is 9.81. The van der Waals surface area contributed by atoms with Gasteiger partial charge in [-0.2, -0.15) is 0 Å². The first-order chi connectivity index (χ1) is 12.2. The number of methoxy groups -OCH3 is 1. The van der Waals surface area contributed by atoms with Gasteiger partial charge in [0.2, 0.25) is 0 Å². The van der Waals surface area contributed by atoms with Crippen molar-refractivity contribution in [2.24, 2.45) is 0 Å². The summed E-state index contributed by atoms with van der Waals surface area (Å²) in [5, 5.41) is 13.8. The number of aliphatic hydroxyl groups is 1. The molecule has 1 aliphatic carbocycles. The molecule has 2 N–H and O–H groups in total. The molecule has 0 saturated carbocycles. The SMILES string of the molecule is CCCCOc1ccc(CN[C@H]2c3ccccc3C[C@H]2O)cc1OC.Cl. The van der Waals surface area contributed by atoms with Crippen molar-refractivity contribution in [1.29, 1.82) is 0 Å². The van der Waals surface area contributed by atoms with E-state index in [4.69, 9.17) is 9.47 Å². The molecule has 0 unspecified atom stereocenters. The van der Waals surface area contributed by atoms with Gasteiger partial charge in [-0.15, -0.1) is 12.4 Å². The summed E-state index contributed by atoms with van der Waals surface area (Å²) in [6.45, 7) is 3.52. The number of unbranched alkanes of at least 4 members (excludes halogenated alkanes) is 1. The highest BCUT2D eigenvalue weighted by atomic mass is 35.5. The van der Waals surface area contributed by atoms with Crippen molar-refractivity contribution in [1.82, 2.24) is 5.32 Å². The van der Waals surface area contributed by atoms with E-state index in [9.17, 15) is 5.11 Å². The Kier molecular flexibility index (Phi) is 7.76. The number of halogens is 1. The van der Waals surface area contributed by atoms with Crippen molar-refractivity contribution in [2.45, 2.75) is 44.9 Å². The van der Waals surface area contributed by atoms with E-state index in [-0.39, 0.29) is 24.6 Å². The fraction of sp³-hybridized carbons (Fsp3) is 0.429. The van der Waals surface area contributed by atoms with Crippen LogP contribution in [0.3, 0.4) is 0 Å². The normalized spacial score (nSPS) is 18.1. The molecule has 3 rings (SSSR count). The molecular weight excluding hydrogens is 350 g/mol. The molecule has 0 fully saturated rings. The number of benzene rings is 2. The third-order valence-corrected chi connectivity index (χ3v) is 4.71. The second-order valence-electron chi connectivity index (χ2n) is 6.52. The summed E-state index contributed by atoms with van der Waals surface area (Å²) in [5.41, 5.74) is 3.53. The van der Waals surface area contributed by atoms with Crippen LogP contribution in [0.5, 0.6) is 11.5 Å². The molecule has 2 aromatic rings. The lowest BCUT2D eigenvalue weighted by atomic mass is 10.1. The lowest BCUT2D eigenvalue weighted by Crippen LogP contribution is -2.28. The molecule has 0 spiro atoms. The predicted octanol–water partition coefficient (Wildman–Crippen LogP) is 4.04. The van der Waals surface area contributed by atoms with Crippen LogP contribution in [-0.2, 0) is 13.0 Å². The Morgan fingerprint density at radius 2 is 1.96 bits per heavy atom. The first-order valence-corrected chi connectivity index (χ1v) is 9.02. The van der Waals surface area contributed by atoms with Crippen LogP contribution < -0.4 is 14.8 Å². The van der Waals surface area contributed by atoms with Gasteiger partial charge >= 0.3 is 0 Å². The van der Waals surface area contributed by atoms with Crippen molar-refractivity contribution in [2.75, 3.05) is 13.7 Å². The summed E-state index contributed by atoms with van der Waals surface area (Å²) in [5.74, 6) is 1.54. The first kappa shape index (κ1) is 20.6. The maximum atomic E-state index is 10.3.